The molecular weight excluding hydrogens is 376 g/mol. The summed E-state index contributed by atoms with van der Waals surface area (Å²) in [4.78, 5) is 27.0. The summed E-state index contributed by atoms with van der Waals surface area (Å²) in [6.45, 7) is 5.45. The quantitative estimate of drug-likeness (QED) is 0.316. The monoisotopic (exact) mass is 396 g/mol. The number of hydrogen-bond donors (Lipinski definition) is 0. The Labute approximate surface area is 167 Å². The second kappa shape index (κ2) is 8.14. The van der Waals surface area contributed by atoms with E-state index in [1.165, 1.54) is 19.2 Å². The third kappa shape index (κ3) is 4.43. The van der Waals surface area contributed by atoms with Gasteiger partial charge in [-0.25, -0.2) is 9.79 Å². The second-order valence-corrected chi connectivity index (χ2v) is 6.67. The Hall–Kier alpha value is -3.68. The van der Waals surface area contributed by atoms with E-state index in [9.17, 15) is 14.9 Å². The van der Waals surface area contributed by atoms with Gasteiger partial charge in [-0.05, 0) is 56.7 Å². The number of aliphatic imine (C=N–C) groups is 1. The van der Waals surface area contributed by atoms with E-state index in [2.05, 4.69) is 4.99 Å². The lowest BCUT2D eigenvalue weighted by Crippen LogP contribution is -2.07. The number of rotatable bonds is 6. The largest absolute Gasteiger partial charge is 0.493 e. The number of benzene rings is 2. The molecule has 0 amide bonds. The molecule has 0 atom stereocenters. The molecule has 0 spiro atoms. The van der Waals surface area contributed by atoms with Crippen molar-refractivity contribution in [3.05, 3.63) is 68.9 Å². The molecule has 0 radical (unpaired) electrons. The lowest BCUT2D eigenvalue weighted by Gasteiger charge is -2.13. The Balaban J connectivity index is 1.91. The Kier molecular flexibility index (Phi) is 5.63. The number of nitrogens with zero attached hydrogens (tertiary/aromatic N) is 2. The van der Waals surface area contributed by atoms with Crippen molar-refractivity contribution in [2.24, 2.45) is 4.99 Å². The van der Waals surface area contributed by atoms with E-state index in [1.807, 2.05) is 13.8 Å². The van der Waals surface area contributed by atoms with E-state index in [4.69, 9.17) is 14.2 Å². The molecule has 150 valence electrons. The summed E-state index contributed by atoms with van der Waals surface area (Å²) in [6.07, 6.45) is 1.57. The van der Waals surface area contributed by atoms with Crippen molar-refractivity contribution in [1.29, 1.82) is 0 Å². The van der Waals surface area contributed by atoms with Gasteiger partial charge in [0.1, 0.15) is 0 Å². The van der Waals surface area contributed by atoms with Crippen LogP contribution in [-0.4, -0.2) is 30.0 Å². The van der Waals surface area contributed by atoms with Gasteiger partial charge in [0.15, 0.2) is 17.2 Å². The third-order valence-corrected chi connectivity index (χ3v) is 4.11. The standard InChI is InChI=1S/C21H20N2O6/c1-12(2)28-18-8-5-14(11-19(18)27-4)10-16-21(24)29-20(22-16)15-6-7-17(23(25)26)13(3)9-15/h5-12H,1-4H3/b16-10-. The fraction of sp³-hybridized carbons (Fsp3) is 0.238. The number of methoxy groups -OCH3 is 1. The number of ether oxygens (including phenoxy) is 3. The number of nitro groups is 1. The van der Waals surface area contributed by atoms with E-state index >= 15 is 0 Å². The molecule has 1 heterocycles. The van der Waals surface area contributed by atoms with Gasteiger partial charge in [-0.2, -0.15) is 0 Å². The molecule has 1 aliphatic rings. The highest BCUT2D eigenvalue weighted by atomic mass is 16.6. The van der Waals surface area contributed by atoms with Gasteiger partial charge in [0.05, 0.1) is 18.1 Å². The van der Waals surface area contributed by atoms with Crippen LogP contribution in [0.5, 0.6) is 11.5 Å². The minimum Gasteiger partial charge on any atom is -0.493 e. The number of aryl methyl sites for hydroxylation is 1. The number of cyclic esters (lactones) is 1. The number of carbonyl (C=O) groups excluding carboxylic acids is 1. The molecule has 8 heteroatoms. The van der Waals surface area contributed by atoms with Crippen molar-refractivity contribution in [2.75, 3.05) is 7.11 Å². The minimum absolute atomic E-state index is 0.00442. The molecule has 29 heavy (non-hydrogen) atoms. The van der Waals surface area contributed by atoms with E-state index in [1.54, 1.807) is 37.3 Å². The predicted octanol–water partition coefficient (Wildman–Crippen LogP) is 4.04. The molecule has 2 aromatic rings. The van der Waals surface area contributed by atoms with E-state index < -0.39 is 10.9 Å². The highest BCUT2D eigenvalue weighted by molar-refractivity contribution is 6.13. The van der Waals surface area contributed by atoms with Gasteiger partial charge >= 0.3 is 5.97 Å². The van der Waals surface area contributed by atoms with Crippen molar-refractivity contribution in [3.63, 3.8) is 0 Å². The zero-order chi connectivity index (χ0) is 21.1. The first-order valence-corrected chi connectivity index (χ1v) is 8.91. The first-order valence-electron chi connectivity index (χ1n) is 8.91. The van der Waals surface area contributed by atoms with Crippen molar-refractivity contribution < 1.29 is 23.9 Å². The Morgan fingerprint density at radius 2 is 1.93 bits per heavy atom. The predicted molar refractivity (Wildman–Crippen MR) is 107 cm³/mol. The summed E-state index contributed by atoms with van der Waals surface area (Å²) in [5.41, 5.74) is 1.74. The van der Waals surface area contributed by atoms with Gasteiger partial charge in [0.2, 0.25) is 5.90 Å². The van der Waals surface area contributed by atoms with Crippen LogP contribution in [0.4, 0.5) is 5.69 Å². The van der Waals surface area contributed by atoms with Crippen molar-refractivity contribution in [2.45, 2.75) is 26.9 Å². The van der Waals surface area contributed by atoms with E-state index in [0.717, 1.165) is 0 Å². The van der Waals surface area contributed by atoms with Crippen molar-refractivity contribution in [3.8, 4) is 11.5 Å². The first-order chi connectivity index (χ1) is 13.8. The number of esters is 1. The SMILES string of the molecule is COc1cc(/C=C2\N=C(c3ccc([N+](=O)[O-])c(C)c3)OC2=O)ccc1OC(C)C. The van der Waals surface area contributed by atoms with Crippen LogP contribution in [0.25, 0.3) is 6.08 Å². The number of hydrogen-bond acceptors (Lipinski definition) is 7. The van der Waals surface area contributed by atoms with Gasteiger partial charge in [-0.15, -0.1) is 0 Å². The summed E-state index contributed by atoms with van der Waals surface area (Å²) >= 11 is 0. The fourth-order valence-electron chi connectivity index (χ4n) is 2.81. The highest BCUT2D eigenvalue weighted by Gasteiger charge is 2.25. The average molecular weight is 396 g/mol. The topological polar surface area (TPSA) is 100 Å². The van der Waals surface area contributed by atoms with E-state index in [-0.39, 0.29) is 23.4 Å². The summed E-state index contributed by atoms with van der Waals surface area (Å²) in [7, 11) is 1.54. The van der Waals surface area contributed by atoms with Gasteiger partial charge in [0, 0.05) is 17.2 Å². The van der Waals surface area contributed by atoms with Crippen LogP contribution in [0.3, 0.4) is 0 Å². The highest BCUT2D eigenvalue weighted by Crippen LogP contribution is 2.30. The van der Waals surface area contributed by atoms with Gasteiger partial charge in [-0.1, -0.05) is 6.07 Å². The molecule has 0 bridgehead atoms. The molecule has 3 rings (SSSR count). The maximum Gasteiger partial charge on any atom is 0.363 e. The van der Waals surface area contributed by atoms with Crippen LogP contribution in [0.15, 0.2) is 47.1 Å². The normalized spacial score (nSPS) is 14.7. The van der Waals surface area contributed by atoms with Crippen LogP contribution in [0, 0.1) is 17.0 Å². The summed E-state index contributed by atoms with van der Waals surface area (Å²) in [5, 5.41) is 11.0. The average Bonchev–Trinajstić information content (AvgIpc) is 3.02. The second-order valence-electron chi connectivity index (χ2n) is 6.67. The van der Waals surface area contributed by atoms with Crippen LogP contribution in [-0.2, 0) is 9.53 Å². The molecule has 0 fully saturated rings. The lowest BCUT2D eigenvalue weighted by atomic mass is 10.1. The van der Waals surface area contributed by atoms with E-state index in [0.29, 0.717) is 28.2 Å². The molecule has 2 aromatic carbocycles. The summed E-state index contributed by atoms with van der Waals surface area (Å²) < 4.78 is 16.3. The molecule has 1 aliphatic heterocycles. The Morgan fingerprint density at radius 1 is 1.17 bits per heavy atom. The van der Waals surface area contributed by atoms with Crippen LogP contribution in [0.2, 0.25) is 0 Å². The van der Waals surface area contributed by atoms with Gasteiger partial charge in [-0.3, -0.25) is 10.1 Å². The Bertz CT molecular complexity index is 1040. The van der Waals surface area contributed by atoms with Crippen LogP contribution >= 0.6 is 0 Å². The smallest absolute Gasteiger partial charge is 0.363 e. The summed E-state index contributed by atoms with van der Waals surface area (Å²) in [5.74, 6) is 0.641. The first kappa shape index (κ1) is 20.1. The molecule has 0 saturated carbocycles. The zero-order valence-electron chi connectivity index (χ0n) is 16.5. The maximum absolute atomic E-state index is 12.2. The minimum atomic E-state index is -0.600. The van der Waals surface area contributed by atoms with Crippen LogP contribution < -0.4 is 9.47 Å². The van der Waals surface area contributed by atoms with Gasteiger partial charge < -0.3 is 14.2 Å². The molecule has 0 saturated heterocycles. The Morgan fingerprint density at radius 3 is 2.55 bits per heavy atom. The number of nitro benzene ring substituents is 1. The van der Waals surface area contributed by atoms with Crippen molar-refractivity contribution >= 4 is 23.6 Å². The van der Waals surface area contributed by atoms with Gasteiger partial charge in [0.25, 0.3) is 5.69 Å². The molecule has 0 N–H and O–H groups in total. The van der Waals surface area contributed by atoms with Crippen molar-refractivity contribution in [1.82, 2.24) is 0 Å². The molecule has 0 aromatic heterocycles. The molecule has 0 unspecified atom stereocenters. The fourth-order valence-corrected chi connectivity index (χ4v) is 2.81. The zero-order valence-corrected chi connectivity index (χ0v) is 16.5. The van der Waals surface area contributed by atoms with Crippen LogP contribution in [0.1, 0.15) is 30.5 Å². The third-order valence-electron chi connectivity index (χ3n) is 4.11. The molecular formula is C21H20N2O6. The number of carbonyl (C=O) groups is 1. The summed E-state index contributed by atoms with van der Waals surface area (Å²) in [6, 6.07) is 9.71. The lowest BCUT2D eigenvalue weighted by molar-refractivity contribution is -0.385. The molecule has 0 aliphatic carbocycles. The molecule has 8 nitrogen and oxygen atoms in total. The maximum atomic E-state index is 12.2.